The third kappa shape index (κ3) is 15.8. The van der Waals surface area contributed by atoms with Crippen LogP contribution in [-0.2, 0) is 4.74 Å². The number of alkyl halides is 1. The summed E-state index contributed by atoms with van der Waals surface area (Å²) >= 11 is 5.54. The van der Waals surface area contributed by atoms with Gasteiger partial charge in [-0.2, -0.15) is 0 Å². The van der Waals surface area contributed by atoms with E-state index in [1.165, 1.54) is 44.9 Å². The SMILES string of the molecule is CCCCCCCCCOCCC=C=CCCCl. The number of rotatable bonds is 13. The van der Waals surface area contributed by atoms with Crippen molar-refractivity contribution in [2.24, 2.45) is 0 Å². The number of ether oxygens (including phenoxy) is 1. The molecule has 0 bridgehead atoms. The molecule has 0 aromatic heterocycles. The van der Waals surface area contributed by atoms with Crippen LogP contribution >= 0.6 is 11.6 Å². The average Bonchev–Trinajstić information content (AvgIpc) is 2.39. The summed E-state index contributed by atoms with van der Waals surface area (Å²) in [5, 5.41) is 0. The molecule has 0 heterocycles. The maximum atomic E-state index is 5.56. The van der Waals surface area contributed by atoms with Gasteiger partial charge >= 0.3 is 0 Å². The topological polar surface area (TPSA) is 9.23 Å². The molecule has 0 unspecified atom stereocenters. The molecule has 2 heteroatoms. The lowest BCUT2D eigenvalue weighted by atomic mass is 10.1. The van der Waals surface area contributed by atoms with Gasteiger partial charge < -0.3 is 4.74 Å². The van der Waals surface area contributed by atoms with Gasteiger partial charge in [0.2, 0.25) is 0 Å². The van der Waals surface area contributed by atoms with Crippen molar-refractivity contribution in [1.82, 2.24) is 0 Å². The Hall–Kier alpha value is -0.230. The molecule has 106 valence electrons. The third-order valence-electron chi connectivity index (χ3n) is 2.79. The minimum Gasteiger partial charge on any atom is -0.381 e. The summed E-state index contributed by atoms with van der Waals surface area (Å²) in [5.41, 5.74) is 3.10. The molecule has 18 heavy (non-hydrogen) atoms. The first-order valence-corrected chi connectivity index (χ1v) is 7.98. The van der Waals surface area contributed by atoms with Crippen LogP contribution in [0, 0.1) is 0 Å². The lowest BCUT2D eigenvalue weighted by Gasteiger charge is -2.02. The average molecular weight is 273 g/mol. The van der Waals surface area contributed by atoms with E-state index in [0.717, 1.165) is 26.1 Å². The molecule has 0 aromatic rings. The summed E-state index contributed by atoms with van der Waals surface area (Å²) in [5.74, 6) is 0.676. The van der Waals surface area contributed by atoms with Crippen molar-refractivity contribution in [2.45, 2.75) is 64.7 Å². The molecule has 0 amide bonds. The van der Waals surface area contributed by atoms with Crippen molar-refractivity contribution >= 4 is 11.6 Å². The van der Waals surface area contributed by atoms with E-state index in [2.05, 4.69) is 12.7 Å². The lowest BCUT2D eigenvalue weighted by molar-refractivity contribution is 0.134. The zero-order chi connectivity index (χ0) is 13.3. The Kier molecular flexibility index (Phi) is 16.6. The molecule has 1 nitrogen and oxygen atoms in total. The fourth-order valence-electron chi connectivity index (χ4n) is 1.71. The van der Waals surface area contributed by atoms with Gasteiger partial charge in [-0.3, -0.25) is 0 Å². The second-order valence-electron chi connectivity index (χ2n) is 4.57. The summed E-state index contributed by atoms with van der Waals surface area (Å²) in [7, 11) is 0. The Balaban J connectivity index is 3.05. The van der Waals surface area contributed by atoms with Crippen molar-refractivity contribution in [3.8, 4) is 0 Å². The molecule has 0 spiro atoms. The van der Waals surface area contributed by atoms with E-state index >= 15 is 0 Å². The minimum absolute atomic E-state index is 0.676. The second-order valence-corrected chi connectivity index (χ2v) is 4.95. The van der Waals surface area contributed by atoms with E-state index < -0.39 is 0 Å². The van der Waals surface area contributed by atoms with Crippen molar-refractivity contribution < 1.29 is 4.74 Å². The Morgan fingerprint density at radius 3 is 2.28 bits per heavy atom. The highest BCUT2D eigenvalue weighted by Crippen LogP contribution is 2.06. The quantitative estimate of drug-likeness (QED) is 0.245. The van der Waals surface area contributed by atoms with E-state index in [1.54, 1.807) is 0 Å². The van der Waals surface area contributed by atoms with E-state index in [-0.39, 0.29) is 0 Å². The van der Waals surface area contributed by atoms with Gasteiger partial charge in [-0.15, -0.1) is 17.3 Å². The molecule has 0 rings (SSSR count). The molecule has 0 aromatic carbocycles. The number of unbranched alkanes of at least 4 members (excludes halogenated alkanes) is 6. The zero-order valence-electron chi connectivity index (χ0n) is 11.9. The van der Waals surface area contributed by atoms with Gasteiger partial charge in [0.1, 0.15) is 0 Å². The van der Waals surface area contributed by atoms with Crippen molar-refractivity contribution in [3.63, 3.8) is 0 Å². The fraction of sp³-hybridized carbons (Fsp3) is 0.812. The maximum absolute atomic E-state index is 5.56. The highest BCUT2D eigenvalue weighted by Gasteiger charge is 1.91. The normalized spacial score (nSPS) is 10.1. The van der Waals surface area contributed by atoms with Gasteiger partial charge in [-0.1, -0.05) is 45.4 Å². The highest BCUT2D eigenvalue weighted by atomic mass is 35.5. The van der Waals surface area contributed by atoms with E-state index in [9.17, 15) is 0 Å². The minimum atomic E-state index is 0.676. The van der Waals surface area contributed by atoms with E-state index in [4.69, 9.17) is 16.3 Å². The predicted molar refractivity (Wildman–Crippen MR) is 81.4 cm³/mol. The number of hydrogen-bond acceptors (Lipinski definition) is 1. The van der Waals surface area contributed by atoms with Crippen LogP contribution < -0.4 is 0 Å². The molecular weight excluding hydrogens is 244 g/mol. The molecule has 0 N–H and O–H groups in total. The highest BCUT2D eigenvalue weighted by molar-refractivity contribution is 6.17. The Bertz CT molecular complexity index is 207. The predicted octanol–water partition coefficient (Wildman–Crippen LogP) is 5.48. The second kappa shape index (κ2) is 16.8. The lowest BCUT2D eigenvalue weighted by Crippen LogP contribution is -1.95. The molecule has 0 aliphatic carbocycles. The van der Waals surface area contributed by atoms with Crippen LogP contribution in [0.5, 0.6) is 0 Å². The third-order valence-corrected chi connectivity index (χ3v) is 3.01. The Morgan fingerprint density at radius 1 is 0.889 bits per heavy atom. The maximum Gasteiger partial charge on any atom is 0.0506 e. The molecule has 0 aliphatic heterocycles. The molecule has 0 saturated carbocycles. The molecule has 0 saturated heterocycles. The van der Waals surface area contributed by atoms with Crippen molar-refractivity contribution in [3.05, 3.63) is 17.9 Å². The largest absolute Gasteiger partial charge is 0.381 e. The molecule has 0 radical (unpaired) electrons. The summed E-state index contributed by atoms with van der Waals surface area (Å²) < 4.78 is 5.56. The molecular formula is C16H29ClO. The number of hydrogen-bond donors (Lipinski definition) is 0. The summed E-state index contributed by atoms with van der Waals surface area (Å²) in [4.78, 5) is 0. The molecule has 0 fully saturated rings. The van der Waals surface area contributed by atoms with E-state index in [0.29, 0.717) is 5.88 Å². The van der Waals surface area contributed by atoms with Crippen LogP contribution in [0.15, 0.2) is 17.9 Å². The first kappa shape index (κ1) is 17.8. The zero-order valence-corrected chi connectivity index (χ0v) is 12.7. The van der Waals surface area contributed by atoms with Crippen LogP contribution in [0.25, 0.3) is 0 Å². The van der Waals surface area contributed by atoms with Crippen LogP contribution in [-0.4, -0.2) is 19.1 Å². The Labute approximate surface area is 118 Å². The van der Waals surface area contributed by atoms with Gasteiger partial charge in [-0.25, -0.2) is 0 Å². The first-order valence-electron chi connectivity index (χ1n) is 7.45. The van der Waals surface area contributed by atoms with Crippen LogP contribution in [0.3, 0.4) is 0 Å². The van der Waals surface area contributed by atoms with Crippen molar-refractivity contribution in [2.75, 3.05) is 19.1 Å². The fourth-order valence-corrected chi connectivity index (χ4v) is 1.82. The first-order chi connectivity index (χ1) is 8.91. The summed E-state index contributed by atoms with van der Waals surface area (Å²) in [6.45, 7) is 3.98. The van der Waals surface area contributed by atoms with Gasteiger partial charge in [0.05, 0.1) is 6.61 Å². The van der Waals surface area contributed by atoms with Gasteiger partial charge in [0, 0.05) is 12.5 Å². The van der Waals surface area contributed by atoms with E-state index in [1.807, 2.05) is 12.2 Å². The van der Waals surface area contributed by atoms with Gasteiger partial charge in [0.15, 0.2) is 0 Å². The Morgan fingerprint density at radius 2 is 1.56 bits per heavy atom. The van der Waals surface area contributed by atoms with Crippen LogP contribution in [0.4, 0.5) is 0 Å². The summed E-state index contributed by atoms with van der Waals surface area (Å²) in [6.07, 6.45) is 15.2. The van der Waals surface area contributed by atoms with Crippen LogP contribution in [0.2, 0.25) is 0 Å². The standard InChI is InChI=1S/C16H29ClO/c1-2-3-4-5-6-9-12-15-18-16-13-10-7-8-11-14-17/h8,10H,2-6,9,11-16H2,1H3. The van der Waals surface area contributed by atoms with Crippen LogP contribution in [0.1, 0.15) is 64.7 Å². The molecule has 0 atom stereocenters. The summed E-state index contributed by atoms with van der Waals surface area (Å²) in [6, 6.07) is 0. The number of halogens is 1. The smallest absolute Gasteiger partial charge is 0.0506 e. The van der Waals surface area contributed by atoms with Gasteiger partial charge in [0.25, 0.3) is 0 Å². The van der Waals surface area contributed by atoms with Crippen molar-refractivity contribution in [1.29, 1.82) is 0 Å². The molecule has 0 aliphatic rings. The van der Waals surface area contributed by atoms with Gasteiger partial charge in [-0.05, 0) is 31.4 Å². The monoisotopic (exact) mass is 272 g/mol.